The highest BCUT2D eigenvalue weighted by Gasteiger charge is 2.23. The lowest BCUT2D eigenvalue weighted by atomic mass is 10.4. The van der Waals surface area contributed by atoms with Crippen LogP contribution in [-0.4, -0.2) is 62.9 Å². The second-order valence-electron chi connectivity index (χ2n) is 4.42. The average molecular weight is 303 g/mol. The number of aliphatic imine (C=N–C) groups is 2. The van der Waals surface area contributed by atoms with Gasteiger partial charge in [-0.05, 0) is 19.8 Å². The number of methoxy groups -OCH3 is 2. The lowest BCUT2D eigenvalue weighted by Gasteiger charge is -2.34. The molecule has 7 nitrogen and oxygen atoms in total. The van der Waals surface area contributed by atoms with Crippen molar-refractivity contribution in [3.63, 3.8) is 0 Å². The molecule has 0 aromatic carbocycles. The van der Waals surface area contributed by atoms with Crippen LogP contribution in [-0.2, 0) is 9.47 Å². The molecule has 1 rings (SSSR count). The van der Waals surface area contributed by atoms with Crippen LogP contribution in [0.4, 0.5) is 0 Å². The van der Waals surface area contributed by atoms with Gasteiger partial charge in [-0.25, -0.2) is 0 Å². The highest BCUT2D eigenvalue weighted by Crippen LogP contribution is 2.05. The Morgan fingerprint density at radius 2 is 1.75 bits per heavy atom. The molecule has 1 aliphatic rings. The fraction of sp³-hybridized carbons (Fsp3) is 0.833. The van der Waals surface area contributed by atoms with Crippen LogP contribution >= 0.6 is 12.8 Å². The fourth-order valence-electron chi connectivity index (χ4n) is 1.63. The molecule has 20 heavy (non-hydrogen) atoms. The smallest absolute Gasteiger partial charge is 0.212 e. The maximum atomic E-state index is 5.01. The Labute approximate surface area is 126 Å². The molecule has 8 heteroatoms. The topological polar surface area (TPSA) is 70.5 Å². The van der Waals surface area contributed by atoms with Gasteiger partial charge in [-0.2, -0.15) is 0 Å². The number of hydrogen-bond acceptors (Lipinski definition) is 5. The Bertz CT molecular complexity index is 338. The summed E-state index contributed by atoms with van der Waals surface area (Å²) in [4.78, 5) is 8.92. The Morgan fingerprint density at radius 1 is 1.15 bits per heavy atom. The van der Waals surface area contributed by atoms with Crippen LogP contribution in [0.1, 0.15) is 19.8 Å². The number of ether oxygens (including phenoxy) is 2. The van der Waals surface area contributed by atoms with Crippen LogP contribution in [0.3, 0.4) is 0 Å². The van der Waals surface area contributed by atoms with Crippen molar-refractivity contribution in [2.75, 3.05) is 40.5 Å². The van der Waals surface area contributed by atoms with Crippen LogP contribution in [0.2, 0.25) is 0 Å². The van der Waals surface area contributed by atoms with E-state index in [9.17, 15) is 0 Å². The van der Waals surface area contributed by atoms with E-state index in [2.05, 4.69) is 33.4 Å². The van der Waals surface area contributed by atoms with Gasteiger partial charge in [0, 0.05) is 40.5 Å². The van der Waals surface area contributed by atoms with E-state index in [0.717, 1.165) is 18.8 Å². The maximum Gasteiger partial charge on any atom is 0.212 e. The van der Waals surface area contributed by atoms with E-state index in [4.69, 9.17) is 9.47 Å². The molecule has 1 saturated heterocycles. The van der Waals surface area contributed by atoms with Gasteiger partial charge in [-0.1, -0.05) is 12.8 Å². The van der Waals surface area contributed by atoms with Crippen LogP contribution in [0, 0.1) is 0 Å². The van der Waals surface area contributed by atoms with Crippen LogP contribution in [0.5, 0.6) is 0 Å². The molecular formula is C12H25N5O2S. The molecule has 0 saturated carbocycles. The molecule has 116 valence electrons. The molecule has 0 aromatic rings. The summed E-state index contributed by atoms with van der Waals surface area (Å²) >= 11 is 4.41. The predicted octanol–water partition coefficient (Wildman–Crippen LogP) is 0.457. The number of rotatable bonds is 8. The number of guanidine groups is 2. The number of nitrogens with one attached hydrogen (secondary N) is 2. The molecule has 0 aliphatic carbocycles. The minimum Gasteiger partial charge on any atom is -0.385 e. The summed E-state index contributed by atoms with van der Waals surface area (Å²) in [7, 11) is 3.38. The average Bonchev–Trinajstić information content (AvgIpc) is 2.44. The summed E-state index contributed by atoms with van der Waals surface area (Å²) in [5.41, 5.74) is 0. The van der Waals surface area contributed by atoms with Gasteiger partial charge < -0.3 is 14.8 Å². The summed E-state index contributed by atoms with van der Waals surface area (Å²) in [6.07, 6.45) is 1.80. The minimum atomic E-state index is 0.0296. The van der Waals surface area contributed by atoms with Crippen molar-refractivity contribution < 1.29 is 9.47 Å². The van der Waals surface area contributed by atoms with Gasteiger partial charge in [-0.15, -0.1) is 0 Å². The zero-order valence-electron chi connectivity index (χ0n) is 12.4. The SMILES string of the molecule is COCCCN=C1NC(=NCCCOC)N(S)C(C)N1. The molecule has 1 fully saturated rings. The first kappa shape index (κ1) is 17.1. The van der Waals surface area contributed by atoms with Gasteiger partial charge in [0.2, 0.25) is 5.96 Å². The predicted molar refractivity (Wildman–Crippen MR) is 84.1 cm³/mol. The van der Waals surface area contributed by atoms with Gasteiger partial charge in [-0.3, -0.25) is 19.6 Å². The molecule has 0 radical (unpaired) electrons. The minimum absolute atomic E-state index is 0.0296. The fourth-order valence-corrected chi connectivity index (χ4v) is 1.80. The van der Waals surface area contributed by atoms with Crippen molar-refractivity contribution in [3.8, 4) is 0 Å². The van der Waals surface area contributed by atoms with Gasteiger partial charge in [0.15, 0.2) is 5.96 Å². The Kier molecular flexibility index (Phi) is 8.40. The highest BCUT2D eigenvalue weighted by molar-refractivity contribution is 7.78. The van der Waals surface area contributed by atoms with Crippen LogP contribution < -0.4 is 10.6 Å². The molecule has 1 aliphatic heterocycles. The van der Waals surface area contributed by atoms with Gasteiger partial charge in [0.1, 0.15) is 6.17 Å². The van der Waals surface area contributed by atoms with Crippen molar-refractivity contribution >= 4 is 24.7 Å². The van der Waals surface area contributed by atoms with Crippen molar-refractivity contribution in [1.29, 1.82) is 0 Å². The molecule has 0 bridgehead atoms. The van der Waals surface area contributed by atoms with Crippen molar-refractivity contribution in [2.45, 2.75) is 25.9 Å². The van der Waals surface area contributed by atoms with Gasteiger partial charge >= 0.3 is 0 Å². The Morgan fingerprint density at radius 3 is 2.35 bits per heavy atom. The zero-order valence-corrected chi connectivity index (χ0v) is 13.3. The monoisotopic (exact) mass is 303 g/mol. The van der Waals surface area contributed by atoms with E-state index in [-0.39, 0.29) is 6.17 Å². The molecule has 2 N–H and O–H groups in total. The van der Waals surface area contributed by atoms with E-state index in [0.29, 0.717) is 32.3 Å². The van der Waals surface area contributed by atoms with E-state index in [1.165, 1.54) is 0 Å². The largest absolute Gasteiger partial charge is 0.385 e. The molecule has 1 unspecified atom stereocenters. The first-order chi connectivity index (χ1) is 9.69. The summed E-state index contributed by atoms with van der Waals surface area (Å²) < 4.78 is 11.8. The molecular weight excluding hydrogens is 278 g/mol. The summed E-state index contributed by atoms with van der Waals surface area (Å²) in [5, 5.41) is 6.36. The third-order valence-corrected chi connectivity index (χ3v) is 3.24. The van der Waals surface area contributed by atoms with Crippen LogP contribution in [0.15, 0.2) is 9.98 Å². The lowest BCUT2D eigenvalue weighted by molar-refractivity contribution is 0.197. The zero-order chi connectivity index (χ0) is 14.8. The number of thiol groups is 1. The lowest BCUT2D eigenvalue weighted by Crippen LogP contribution is -2.60. The second-order valence-corrected chi connectivity index (χ2v) is 4.85. The van der Waals surface area contributed by atoms with E-state index < -0.39 is 0 Å². The second kappa shape index (κ2) is 9.84. The van der Waals surface area contributed by atoms with Crippen molar-refractivity contribution in [1.82, 2.24) is 14.9 Å². The quantitative estimate of drug-likeness (QED) is 0.449. The maximum absolute atomic E-state index is 5.01. The molecule has 1 heterocycles. The first-order valence-corrected chi connectivity index (χ1v) is 7.17. The molecule has 0 spiro atoms. The molecule has 0 amide bonds. The third-order valence-electron chi connectivity index (χ3n) is 2.70. The summed E-state index contributed by atoms with van der Waals surface area (Å²) in [6, 6.07) is 0. The van der Waals surface area contributed by atoms with E-state index in [1.54, 1.807) is 18.5 Å². The van der Waals surface area contributed by atoms with E-state index in [1.807, 2.05) is 6.92 Å². The van der Waals surface area contributed by atoms with Gasteiger partial charge in [0.25, 0.3) is 0 Å². The number of hydrogen-bond donors (Lipinski definition) is 3. The highest BCUT2D eigenvalue weighted by atomic mass is 32.1. The summed E-state index contributed by atoms with van der Waals surface area (Å²) in [5.74, 6) is 1.44. The third kappa shape index (κ3) is 5.98. The Hall–Kier alpha value is -0.990. The number of nitrogens with zero attached hydrogens (tertiary/aromatic N) is 3. The van der Waals surface area contributed by atoms with Crippen LogP contribution in [0.25, 0.3) is 0 Å². The van der Waals surface area contributed by atoms with Crippen molar-refractivity contribution in [2.24, 2.45) is 9.98 Å². The Balaban J connectivity index is 2.51. The summed E-state index contributed by atoms with van der Waals surface area (Å²) in [6.45, 7) is 4.82. The van der Waals surface area contributed by atoms with Gasteiger partial charge in [0.05, 0.1) is 0 Å². The normalized spacial score (nSPS) is 23.0. The molecule has 0 aromatic heterocycles. The van der Waals surface area contributed by atoms with Crippen molar-refractivity contribution in [3.05, 3.63) is 0 Å². The first-order valence-electron chi connectivity index (χ1n) is 6.77. The standard InChI is InChI=1S/C12H25N5O2S/c1-10-15-11(13-6-4-8-18-2)16-12(17(10)20)14-7-5-9-19-3/h10,20H,4-9H2,1-3H3,(H2,13,14,15,16). The van der Waals surface area contributed by atoms with E-state index >= 15 is 0 Å². The molecule has 1 atom stereocenters.